The van der Waals surface area contributed by atoms with Crippen LogP contribution in [-0.4, -0.2) is 28.1 Å². The Bertz CT molecular complexity index is 762. The van der Waals surface area contributed by atoms with Gasteiger partial charge in [0.15, 0.2) is 0 Å². The molecule has 20 heavy (non-hydrogen) atoms. The lowest BCUT2D eigenvalue weighted by atomic mass is 10.2. The molecule has 0 aliphatic rings. The number of hydrogen-bond donors (Lipinski definition) is 2. The molecule has 0 saturated heterocycles. The topological polar surface area (TPSA) is 69.2 Å². The lowest BCUT2D eigenvalue weighted by molar-refractivity contribution is 0.0697. The number of hydrogen-bond acceptors (Lipinski definition) is 3. The Morgan fingerprint density at radius 2 is 2.00 bits per heavy atom. The van der Waals surface area contributed by atoms with Crippen molar-refractivity contribution in [3.05, 3.63) is 54.4 Å². The molecule has 0 radical (unpaired) electrons. The third-order valence-electron chi connectivity index (χ3n) is 3.29. The molecule has 5 nitrogen and oxygen atoms in total. The normalized spacial score (nSPS) is 10.7. The Morgan fingerprint density at radius 3 is 2.70 bits per heavy atom. The lowest BCUT2D eigenvalue weighted by Crippen LogP contribution is -2.09. The number of H-pyrrole nitrogens is 1. The maximum Gasteiger partial charge on any atom is 0.335 e. The molecular formula is C15H13N3O2. The highest BCUT2D eigenvalue weighted by molar-refractivity contribution is 5.93. The summed E-state index contributed by atoms with van der Waals surface area (Å²) in [4.78, 5) is 20.2. The molecule has 0 amide bonds. The molecule has 1 aromatic carbocycles. The van der Waals surface area contributed by atoms with Gasteiger partial charge in [0.2, 0.25) is 0 Å². The predicted octanol–water partition coefficient (Wildman–Crippen LogP) is 3.03. The number of aromatic amines is 1. The molecule has 0 aliphatic carbocycles. The van der Waals surface area contributed by atoms with Gasteiger partial charge in [-0.2, -0.15) is 0 Å². The summed E-state index contributed by atoms with van der Waals surface area (Å²) >= 11 is 0. The van der Waals surface area contributed by atoms with E-state index in [9.17, 15) is 4.79 Å². The number of aromatic carboxylic acids is 1. The van der Waals surface area contributed by atoms with Gasteiger partial charge in [-0.15, -0.1) is 0 Å². The van der Waals surface area contributed by atoms with Gasteiger partial charge in [0.1, 0.15) is 5.65 Å². The van der Waals surface area contributed by atoms with Crippen molar-refractivity contribution >= 4 is 28.4 Å². The molecule has 0 bridgehead atoms. The summed E-state index contributed by atoms with van der Waals surface area (Å²) in [7, 11) is 1.94. The Balaban J connectivity index is 1.99. The zero-order chi connectivity index (χ0) is 14.1. The fraction of sp³-hybridized carbons (Fsp3) is 0.0667. The van der Waals surface area contributed by atoms with Gasteiger partial charge in [0.05, 0.1) is 11.3 Å². The molecule has 0 unspecified atom stereocenters. The van der Waals surface area contributed by atoms with Gasteiger partial charge >= 0.3 is 5.97 Å². The number of nitrogens with zero attached hydrogens (tertiary/aromatic N) is 2. The van der Waals surface area contributed by atoms with E-state index in [2.05, 4.69) is 9.97 Å². The average Bonchev–Trinajstić information content (AvgIpc) is 2.90. The van der Waals surface area contributed by atoms with Crippen LogP contribution in [0.25, 0.3) is 11.0 Å². The monoisotopic (exact) mass is 267 g/mol. The van der Waals surface area contributed by atoms with Crippen molar-refractivity contribution in [1.82, 2.24) is 9.97 Å². The Hall–Kier alpha value is -2.82. The van der Waals surface area contributed by atoms with Crippen LogP contribution in [0.1, 0.15) is 10.4 Å². The number of pyridine rings is 1. The molecule has 2 heterocycles. The molecule has 3 aromatic rings. The minimum atomic E-state index is -0.921. The van der Waals surface area contributed by atoms with Crippen LogP contribution in [0.5, 0.6) is 0 Å². The van der Waals surface area contributed by atoms with Crippen molar-refractivity contribution in [3.63, 3.8) is 0 Å². The van der Waals surface area contributed by atoms with E-state index in [4.69, 9.17) is 5.11 Å². The van der Waals surface area contributed by atoms with Crippen molar-refractivity contribution in [3.8, 4) is 0 Å². The molecule has 2 N–H and O–H groups in total. The van der Waals surface area contributed by atoms with E-state index in [0.29, 0.717) is 0 Å². The Morgan fingerprint density at radius 1 is 1.25 bits per heavy atom. The first-order valence-corrected chi connectivity index (χ1v) is 6.16. The van der Waals surface area contributed by atoms with Crippen molar-refractivity contribution in [1.29, 1.82) is 0 Å². The van der Waals surface area contributed by atoms with E-state index < -0.39 is 5.97 Å². The summed E-state index contributed by atoms with van der Waals surface area (Å²) in [5.74, 6) is -0.921. The fourth-order valence-corrected chi connectivity index (χ4v) is 2.19. The largest absolute Gasteiger partial charge is 0.478 e. The van der Waals surface area contributed by atoms with Crippen molar-refractivity contribution in [2.45, 2.75) is 0 Å². The van der Waals surface area contributed by atoms with E-state index in [1.807, 2.05) is 30.3 Å². The van der Waals surface area contributed by atoms with Crippen LogP contribution < -0.4 is 4.90 Å². The first-order chi connectivity index (χ1) is 9.66. The van der Waals surface area contributed by atoms with E-state index in [-0.39, 0.29) is 5.56 Å². The van der Waals surface area contributed by atoms with Crippen molar-refractivity contribution in [2.75, 3.05) is 11.9 Å². The summed E-state index contributed by atoms with van der Waals surface area (Å²) < 4.78 is 0. The van der Waals surface area contributed by atoms with Crippen LogP contribution >= 0.6 is 0 Å². The second kappa shape index (κ2) is 4.70. The van der Waals surface area contributed by atoms with Crippen molar-refractivity contribution < 1.29 is 9.90 Å². The summed E-state index contributed by atoms with van der Waals surface area (Å²) in [6.07, 6.45) is 3.63. The third kappa shape index (κ3) is 1.99. The van der Waals surface area contributed by atoms with Gasteiger partial charge in [-0.1, -0.05) is 0 Å². The van der Waals surface area contributed by atoms with Gasteiger partial charge in [-0.3, -0.25) is 0 Å². The number of carboxylic acids is 1. The van der Waals surface area contributed by atoms with Gasteiger partial charge in [-0.05, 0) is 36.4 Å². The zero-order valence-electron chi connectivity index (χ0n) is 10.9. The van der Waals surface area contributed by atoms with Gasteiger partial charge < -0.3 is 15.0 Å². The minimum Gasteiger partial charge on any atom is -0.478 e. The summed E-state index contributed by atoms with van der Waals surface area (Å²) in [5.41, 5.74) is 3.02. The van der Waals surface area contributed by atoms with E-state index in [0.717, 1.165) is 22.4 Å². The molecule has 0 aliphatic heterocycles. The number of aromatic nitrogens is 2. The van der Waals surface area contributed by atoms with Crippen LogP contribution in [0.15, 0.2) is 48.8 Å². The van der Waals surface area contributed by atoms with Gasteiger partial charge in [0.25, 0.3) is 0 Å². The standard InChI is InChI=1S/C15H13N3O2/c1-18(11-6-4-10(5-7-11)15(19)20)13-9-17-14-12(13)3-2-8-16-14/h2-9H,1H3,(H,16,17)(H,19,20). The first kappa shape index (κ1) is 12.2. The lowest BCUT2D eigenvalue weighted by Gasteiger charge is -2.18. The second-order valence-electron chi connectivity index (χ2n) is 4.48. The first-order valence-electron chi connectivity index (χ1n) is 6.16. The second-order valence-corrected chi connectivity index (χ2v) is 4.48. The molecule has 0 fully saturated rings. The van der Waals surface area contributed by atoms with Crippen LogP contribution in [-0.2, 0) is 0 Å². The summed E-state index contributed by atoms with van der Waals surface area (Å²) in [6, 6.07) is 10.7. The highest BCUT2D eigenvalue weighted by atomic mass is 16.4. The van der Waals surface area contributed by atoms with Crippen LogP contribution in [0.3, 0.4) is 0 Å². The number of nitrogens with one attached hydrogen (secondary N) is 1. The average molecular weight is 267 g/mol. The number of carboxylic acid groups (broad SMARTS) is 1. The molecule has 0 spiro atoms. The maximum absolute atomic E-state index is 10.9. The van der Waals surface area contributed by atoms with Crippen LogP contribution in [0.2, 0.25) is 0 Å². The molecular weight excluding hydrogens is 254 g/mol. The van der Waals surface area contributed by atoms with E-state index in [1.54, 1.807) is 30.5 Å². The number of anilines is 2. The molecule has 2 aromatic heterocycles. The molecule has 0 atom stereocenters. The number of rotatable bonds is 3. The van der Waals surface area contributed by atoms with E-state index in [1.165, 1.54) is 0 Å². The SMILES string of the molecule is CN(c1ccc(C(=O)O)cc1)c1c[nH]c2ncccc12. The highest BCUT2D eigenvalue weighted by Gasteiger charge is 2.11. The quantitative estimate of drug-likeness (QED) is 0.765. The Kier molecular flexibility index (Phi) is 2.87. The Labute approximate surface area is 115 Å². The highest BCUT2D eigenvalue weighted by Crippen LogP contribution is 2.30. The van der Waals surface area contributed by atoms with Crippen LogP contribution in [0.4, 0.5) is 11.4 Å². The maximum atomic E-state index is 10.9. The van der Waals surface area contributed by atoms with Gasteiger partial charge in [-0.25, -0.2) is 9.78 Å². The minimum absolute atomic E-state index is 0.280. The molecule has 5 heteroatoms. The number of benzene rings is 1. The molecule has 0 saturated carbocycles. The fourth-order valence-electron chi connectivity index (χ4n) is 2.19. The smallest absolute Gasteiger partial charge is 0.335 e. The summed E-state index contributed by atoms with van der Waals surface area (Å²) in [5, 5.41) is 9.94. The summed E-state index contributed by atoms with van der Waals surface area (Å²) in [6.45, 7) is 0. The number of fused-ring (bicyclic) bond motifs is 1. The molecule has 3 rings (SSSR count). The van der Waals surface area contributed by atoms with E-state index >= 15 is 0 Å². The van der Waals surface area contributed by atoms with Crippen LogP contribution in [0, 0.1) is 0 Å². The number of carbonyl (C=O) groups is 1. The van der Waals surface area contributed by atoms with Gasteiger partial charge in [0, 0.05) is 30.5 Å². The van der Waals surface area contributed by atoms with Crippen molar-refractivity contribution in [2.24, 2.45) is 0 Å². The zero-order valence-corrected chi connectivity index (χ0v) is 10.9. The predicted molar refractivity (Wildman–Crippen MR) is 77.6 cm³/mol. The molecule has 100 valence electrons. The third-order valence-corrected chi connectivity index (χ3v) is 3.29.